The largest absolute Gasteiger partial charge is 0.497 e. The molecule has 174 valence electrons. The number of nitrogens with one attached hydrogen (secondary N) is 2. The smallest absolute Gasteiger partial charge is 0.305 e. The first-order valence-electron chi connectivity index (χ1n) is 10.7. The monoisotopic (exact) mass is 452 g/mol. The van der Waals surface area contributed by atoms with E-state index in [4.69, 9.17) is 9.47 Å². The van der Waals surface area contributed by atoms with Crippen molar-refractivity contribution < 1.29 is 29.0 Å². The van der Waals surface area contributed by atoms with Crippen molar-refractivity contribution in [3.63, 3.8) is 0 Å². The van der Waals surface area contributed by atoms with Crippen LogP contribution in [0.5, 0.6) is 11.5 Å². The van der Waals surface area contributed by atoms with Crippen molar-refractivity contribution in [1.29, 1.82) is 0 Å². The molecule has 0 fully saturated rings. The molecule has 33 heavy (non-hydrogen) atoms. The summed E-state index contributed by atoms with van der Waals surface area (Å²) < 4.78 is 10.3. The number of amides is 2. The Bertz CT molecular complexity index is 1030. The lowest BCUT2D eigenvalue weighted by Crippen LogP contribution is -2.33. The maximum atomic E-state index is 13.0. The summed E-state index contributed by atoms with van der Waals surface area (Å²) in [6, 6.07) is 13.5. The van der Waals surface area contributed by atoms with Crippen LogP contribution in [0, 0.1) is 0 Å². The van der Waals surface area contributed by atoms with Gasteiger partial charge in [-0.2, -0.15) is 0 Å². The van der Waals surface area contributed by atoms with Gasteiger partial charge >= 0.3 is 5.97 Å². The van der Waals surface area contributed by atoms with Gasteiger partial charge in [0.05, 0.1) is 26.7 Å². The lowest BCUT2D eigenvalue weighted by Gasteiger charge is -2.19. The van der Waals surface area contributed by atoms with E-state index >= 15 is 0 Å². The molecule has 8 heteroatoms. The molecule has 0 aliphatic heterocycles. The van der Waals surface area contributed by atoms with E-state index in [-0.39, 0.29) is 12.3 Å². The Hall–Kier alpha value is -3.81. The number of ether oxygens (including phenoxy) is 2. The molecule has 1 aliphatic carbocycles. The molecule has 3 N–H and O–H groups in total. The molecule has 1 aliphatic rings. The van der Waals surface area contributed by atoms with Gasteiger partial charge in [-0.25, -0.2) is 0 Å². The van der Waals surface area contributed by atoms with Crippen LogP contribution in [-0.2, 0) is 20.9 Å². The van der Waals surface area contributed by atoms with Crippen molar-refractivity contribution >= 4 is 17.8 Å². The van der Waals surface area contributed by atoms with E-state index in [1.807, 2.05) is 24.3 Å². The fourth-order valence-corrected chi connectivity index (χ4v) is 3.79. The van der Waals surface area contributed by atoms with E-state index in [0.29, 0.717) is 48.3 Å². The maximum Gasteiger partial charge on any atom is 0.305 e. The van der Waals surface area contributed by atoms with E-state index in [1.54, 1.807) is 38.5 Å². The van der Waals surface area contributed by atoms with Crippen LogP contribution in [0.4, 0.5) is 0 Å². The van der Waals surface area contributed by atoms with Gasteiger partial charge in [0.2, 0.25) is 11.8 Å². The normalized spacial score (nSPS) is 13.9. The molecule has 2 amide bonds. The zero-order valence-electron chi connectivity index (χ0n) is 18.7. The average molecular weight is 453 g/mol. The molecule has 0 aromatic heterocycles. The Morgan fingerprint density at radius 1 is 0.879 bits per heavy atom. The van der Waals surface area contributed by atoms with Crippen LogP contribution in [0.2, 0.25) is 0 Å². The molecule has 0 radical (unpaired) electrons. The quantitative estimate of drug-likeness (QED) is 0.510. The van der Waals surface area contributed by atoms with Crippen molar-refractivity contribution in [2.24, 2.45) is 0 Å². The summed E-state index contributed by atoms with van der Waals surface area (Å²) in [6.45, 7) is 0.328. The number of carboxylic acids is 1. The number of carbonyl (C=O) groups excluding carboxylic acids is 2. The van der Waals surface area contributed by atoms with Crippen molar-refractivity contribution in [1.82, 2.24) is 10.6 Å². The first kappa shape index (κ1) is 23.8. The number of hydrogen-bond donors (Lipinski definition) is 3. The summed E-state index contributed by atoms with van der Waals surface area (Å²) in [7, 11) is 3.13. The molecule has 0 heterocycles. The van der Waals surface area contributed by atoms with Crippen LogP contribution in [-0.4, -0.2) is 37.1 Å². The van der Waals surface area contributed by atoms with Crippen molar-refractivity contribution in [3.05, 3.63) is 70.8 Å². The number of hydrogen-bond acceptors (Lipinski definition) is 5. The topological polar surface area (TPSA) is 114 Å². The van der Waals surface area contributed by atoms with Crippen molar-refractivity contribution in [3.8, 4) is 11.5 Å². The fraction of sp³-hybridized carbons (Fsp3) is 0.320. The standard InChI is InChI=1S/C25H28N2O6/c1-32-18-10-6-16(7-11-18)15-26-24(30)20-4-3-5-21(20)25(31)27-22(14-23(28)29)17-8-12-19(33-2)13-9-17/h6-13,22H,3-5,14-15H2,1-2H3,(H,26,30)(H,27,31)(H,28,29)/t22-/m0/s1. The Morgan fingerprint density at radius 2 is 1.42 bits per heavy atom. The molecule has 8 nitrogen and oxygen atoms in total. The SMILES string of the molecule is COc1ccc(CNC(=O)C2=C(C(=O)N[C@@H](CC(=O)O)c3ccc(OC)cc3)CCC2)cc1. The molecule has 0 saturated carbocycles. The third kappa shape index (κ3) is 6.35. The summed E-state index contributed by atoms with van der Waals surface area (Å²) in [5.41, 5.74) is 2.42. The van der Waals surface area contributed by atoms with Gasteiger partial charge in [-0.3, -0.25) is 14.4 Å². The summed E-state index contributed by atoms with van der Waals surface area (Å²) in [5, 5.41) is 15.0. The van der Waals surface area contributed by atoms with E-state index in [2.05, 4.69) is 10.6 Å². The lowest BCUT2D eigenvalue weighted by molar-refractivity contribution is -0.137. The van der Waals surface area contributed by atoms with Gasteiger partial charge in [0, 0.05) is 17.7 Å². The summed E-state index contributed by atoms with van der Waals surface area (Å²) in [4.78, 5) is 37.2. The van der Waals surface area contributed by atoms with Crippen molar-refractivity contribution in [2.75, 3.05) is 14.2 Å². The van der Waals surface area contributed by atoms with Crippen molar-refractivity contribution in [2.45, 2.75) is 38.3 Å². The predicted octanol–water partition coefficient (Wildman–Crippen LogP) is 3.13. The Labute approximate surface area is 192 Å². The van der Waals surface area contributed by atoms with Crippen LogP contribution in [0.3, 0.4) is 0 Å². The van der Waals surface area contributed by atoms with Gasteiger partial charge in [-0.1, -0.05) is 24.3 Å². The Kier molecular flexibility index (Phi) is 8.07. The molecular weight excluding hydrogens is 424 g/mol. The molecule has 0 bridgehead atoms. The molecule has 2 aromatic rings. The van der Waals surface area contributed by atoms with E-state index in [1.165, 1.54) is 0 Å². The number of rotatable bonds is 10. The first-order chi connectivity index (χ1) is 15.9. The molecular formula is C25H28N2O6. The fourth-order valence-electron chi connectivity index (χ4n) is 3.79. The van der Waals surface area contributed by atoms with E-state index < -0.39 is 17.9 Å². The third-order valence-electron chi connectivity index (χ3n) is 5.58. The third-order valence-corrected chi connectivity index (χ3v) is 5.58. The van der Waals surface area contributed by atoms with Gasteiger partial charge in [-0.15, -0.1) is 0 Å². The molecule has 0 spiro atoms. The minimum absolute atomic E-state index is 0.273. The number of carboxylic acid groups (broad SMARTS) is 1. The van der Waals surface area contributed by atoms with Crippen LogP contribution < -0.4 is 20.1 Å². The summed E-state index contributed by atoms with van der Waals surface area (Å²) >= 11 is 0. The highest BCUT2D eigenvalue weighted by Gasteiger charge is 2.28. The second kappa shape index (κ2) is 11.2. The zero-order chi connectivity index (χ0) is 23.8. The van der Waals surface area contributed by atoms with Gasteiger partial charge in [-0.05, 0) is 54.7 Å². The summed E-state index contributed by atoms with van der Waals surface area (Å²) in [5.74, 6) is -0.366. The number of aliphatic carboxylic acids is 1. The number of carbonyl (C=O) groups is 3. The molecule has 1 atom stereocenters. The minimum Gasteiger partial charge on any atom is -0.497 e. The van der Waals surface area contributed by atoms with E-state index in [9.17, 15) is 19.5 Å². The van der Waals surface area contributed by atoms with Crippen LogP contribution in [0.25, 0.3) is 0 Å². The number of methoxy groups -OCH3 is 2. The highest BCUT2D eigenvalue weighted by atomic mass is 16.5. The Balaban J connectivity index is 1.70. The van der Waals surface area contributed by atoms with Gasteiger partial charge < -0.3 is 25.2 Å². The highest BCUT2D eigenvalue weighted by molar-refractivity contribution is 6.05. The first-order valence-corrected chi connectivity index (χ1v) is 10.7. The van der Waals surface area contributed by atoms with Gasteiger partial charge in [0.25, 0.3) is 0 Å². The minimum atomic E-state index is -1.03. The summed E-state index contributed by atoms with van der Waals surface area (Å²) in [6.07, 6.45) is 1.40. The van der Waals surface area contributed by atoms with Crippen LogP contribution in [0.1, 0.15) is 42.9 Å². The predicted molar refractivity (Wildman–Crippen MR) is 122 cm³/mol. The molecule has 0 saturated heterocycles. The second-order valence-electron chi connectivity index (χ2n) is 7.74. The number of benzene rings is 2. The molecule has 2 aromatic carbocycles. The van der Waals surface area contributed by atoms with Gasteiger partial charge in [0.15, 0.2) is 0 Å². The average Bonchev–Trinajstić information content (AvgIpc) is 3.32. The zero-order valence-corrected chi connectivity index (χ0v) is 18.7. The van der Waals surface area contributed by atoms with Crippen LogP contribution in [0.15, 0.2) is 59.7 Å². The highest BCUT2D eigenvalue weighted by Crippen LogP contribution is 2.28. The van der Waals surface area contributed by atoms with Crippen LogP contribution >= 0.6 is 0 Å². The molecule has 3 rings (SSSR count). The molecule has 0 unspecified atom stereocenters. The maximum absolute atomic E-state index is 13.0. The lowest BCUT2D eigenvalue weighted by atomic mass is 10.0. The second-order valence-corrected chi connectivity index (χ2v) is 7.74. The van der Waals surface area contributed by atoms with Gasteiger partial charge in [0.1, 0.15) is 11.5 Å². The Morgan fingerprint density at radius 3 is 1.97 bits per heavy atom. The van der Waals surface area contributed by atoms with E-state index in [0.717, 1.165) is 11.3 Å².